The van der Waals surface area contributed by atoms with Crippen molar-refractivity contribution in [3.63, 3.8) is 0 Å². The molecular weight excluding hydrogens is 244 g/mol. The molecule has 0 N–H and O–H groups in total. The average molecular weight is 258 g/mol. The number of hydrogen-bond acceptors (Lipinski definition) is 3. The van der Waals surface area contributed by atoms with Gasteiger partial charge in [0.1, 0.15) is 6.04 Å². The summed E-state index contributed by atoms with van der Waals surface area (Å²) in [6.45, 7) is 1.93. The SMILES string of the molecule is CC(=O)N1C(=O)[C@H]2CCCN2C(=O)c2ccccc21. The van der Waals surface area contributed by atoms with Gasteiger partial charge in [0.25, 0.3) is 11.8 Å². The standard InChI is InChI=1S/C14H14N2O3/c1-9(17)16-11-6-3-2-5-10(11)13(18)15-8-4-7-12(15)14(16)19/h2-3,5-6,12H,4,7-8H2,1H3/t12-/m1/s1. The summed E-state index contributed by atoms with van der Waals surface area (Å²) >= 11 is 0. The van der Waals surface area contributed by atoms with Gasteiger partial charge in [0.15, 0.2) is 0 Å². The highest BCUT2D eigenvalue weighted by Gasteiger charge is 2.43. The smallest absolute Gasteiger partial charge is 0.256 e. The van der Waals surface area contributed by atoms with Gasteiger partial charge in [-0.15, -0.1) is 0 Å². The van der Waals surface area contributed by atoms with E-state index >= 15 is 0 Å². The highest BCUT2D eigenvalue weighted by molar-refractivity contribution is 6.21. The number of hydrogen-bond donors (Lipinski definition) is 0. The van der Waals surface area contributed by atoms with Crippen LogP contribution in [-0.2, 0) is 9.59 Å². The van der Waals surface area contributed by atoms with Gasteiger partial charge in [-0.3, -0.25) is 14.4 Å². The minimum absolute atomic E-state index is 0.157. The molecule has 1 aromatic rings. The van der Waals surface area contributed by atoms with Crippen molar-refractivity contribution in [1.82, 2.24) is 4.90 Å². The Morgan fingerprint density at radius 2 is 2.00 bits per heavy atom. The van der Waals surface area contributed by atoms with Crippen molar-refractivity contribution in [3.05, 3.63) is 29.8 Å². The van der Waals surface area contributed by atoms with Crippen LogP contribution in [0.2, 0.25) is 0 Å². The van der Waals surface area contributed by atoms with Crippen LogP contribution >= 0.6 is 0 Å². The van der Waals surface area contributed by atoms with Gasteiger partial charge in [0.05, 0.1) is 11.3 Å². The van der Waals surface area contributed by atoms with Crippen LogP contribution in [0.15, 0.2) is 24.3 Å². The van der Waals surface area contributed by atoms with Crippen LogP contribution in [-0.4, -0.2) is 35.2 Å². The molecule has 3 amide bonds. The fourth-order valence-corrected chi connectivity index (χ4v) is 2.86. The van der Waals surface area contributed by atoms with E-state index in [1.807, 2.05) is 0 Å². The number of fused-ring (bicyclic) bond motifs is 2. The van der Waals surface area contributed by atoms with Crippen LogP contribution in [0.5, 0.6) is 0 Å². The molecule has 3 rings (SSSR count). The van der Waals surface area contributed by atoms with Gasteiger partial charge in [-0.2, -0.15) is 0 Å². The predicted molar refractivity (Wildman–Crippen MR) is 68.7 cm³/mol. The molecule has 0 aliphatic carbocycles. The van der Waals surface area contributed by atoms with E-state index in [4.69, 9.17) is 0 Å². The van der Waals surface area contributed by atoms with Crippen molar-refractivity contribution >= 4 is 23.4 Å². The van der Waals surface area contributed by atoms with E-state index in [1.165, 1.54) is 6.92 Å². The van der Waals surface area contributed by atoms with Crippen LogP contribution in [0.25, 0.3) is 0 Å². The number of rotatable bonds is 0. The second-order valence-corrected chi connectivity index (χ2v) is 4.87. The molecule has 2 aliphatic rings. The van der Waals surface area contributed by atoms with Crippen molar-refractivity contribution in [2.45, 2.75) is 25.8 Å². The molecule has 2 aliphatic heterocycles. The molecule has 0 radical (unpaired) electrons. The molecular formula is C14H14N2O3. The number of benzene rings is 1. The van der Waals surface area contributed by atoms with E-state index in [0.717, 1.165) is 11.3 Å². The Balaban J connectivity index is 2.21. The van der Waals surface area contributed by atoms with Crippen molar-refractivity contribution in [3.8, 4) is 0 Å². The van der Waals surface area contributed by atoms with Gasteiger partial charge in [-0.1, -0.05) is 12.1 Å². The fourth-order valence-electron chi connectivity index (χ4n) is 2.86. The Bertz CT molecular complexity index is 582. The third-order valence-corrected chi connectivity index (χ3v) is 3.71. The molecule has 0 bridgehead atoms. The van der Waals surface area contributed by atoms with Crippen LogP contribution < -0.4 is 4.90 Å². The first-order chi connectivity index (χ1) is 9.11. The maximum Gasteiger partial charge on any atom is 0.256 e. The van der Waals surface area contributed by atoms with Crippen molar-refractivity contribution in [2.24, 2.45) is 0 Å². The van der Waals surface area contributed by atoms with E-state index < -0.39 is 6.04 Å². The molecule has 1 aromatic carbocycles. The summed E-state index contributed by atoms with van der Waals surface area (Å²) in [6, 6.07) is 6.29. The topological polar surface area (TPSA) is 57.7 Å². The molecule has 1 fully saturated rings. The molecule has 98 valence electrons. The Kier molecular flexibility index (Phi) is 2.62. The third kappa shape index (κ3) is 1.65. The zero-order chi connectivity index (χ0) is 13.6. The fraction of sp³-hybridized carbons (Fsp3) is 0.357. The Morgan fingerprint density at radius 1 is 1.26 bits per heavy atom. The molecule has 5 heteroatoms. The lowest BCUT2D eigenvalue weighted by Gasteiger charge is -2.23. The van der Waals surface area contributed by atoms with Crippen LogP contribution in [0, 0.1) is 0 Å². The van der Waals surface area contributed by atoms with Crippen LogP contribution in [0.1, 0.15) is 30.1 Å². The highest BCUT2D eigenvalue weighted by Crippen LogP contribution is 2.32. The lowest BCUT2D eigenvalue weighted by molar-refractivity contribution is -0.127. The first kappa shape index (κ1) is 11.9. The molecule has 0 unspecified atom stereocenters. The zero-order valence-corrected chi connectivity index (χ0v) is 10.6. The van der Waals surface area contributed by atoms with Gasteiger partial charge in [0, 0.05) is 13.5 Å². The Labute approximate surface area is 110 Å². The molecule has 0 aromatic heterocycles. The monoisotopic (exact) mass is 258 g/mol. The number of nitrogens with zero attached hydrogens (tertiary/aromatic N) is 2. The summed E-state index contributed by atoms with van der Waals surface area (Å²) < 4.78 is 0. The highest BCUT2D eigenvalue weighted by atomic mass is 16.2. The quantitative estimate of drug-likeness (QED) is 0.702. The number of carbonyl (C=O) groups excluding carboxylic acids is 3. The number of carbonyl (C=O) groups is 3. The lowest BCUT2D eigenvalue weighted by atomic mass is 10.1. The van der Waals surface area contributed by atoms with Gasteiger partial charge in [-0.05, 0) is 25.0 Å². The molecule has 0 spiro atoms. The van der Waals surface area contributed by atoms with Crippen molar-refractivity contribution in [2.75, 3.05) is 11.4 Å². The molecule has 5 nitrogen and oxygen atoms in total. The van der Waals surface area contributed by atoms with Crippen LogP contribution in [0.3, 0.4) is 0 Å². The van der Waals surface area contributed by atoms with E-state index in [9.17, 15) is 14.4 Å². The van der Waals surface area contributed by atoms with E-state index in [1.54, 1.807) is 29.2 Å². The molecule has 2 heterocycles. The first-order valence-corrected chi connectivity index (χ1v) is 6.36. The maximum atomic E-state index is 12.5. The number of anilines is 1. The minimum Gasteiger partial charge on any atom is -0.327 e. The summed E-state index contributed by atoms with van der Waals surface area (Å²) in [6.07, 6.45) is 1.43. The first-order valence-electron chi connectivity index (χ1n) is 6.36. The lowest BCUT2D eigenvalue weighted by Crippen LogP contribution is -2.46. The second-order valence-electron chi connectivity index (χ2n) is 4.87. The van der Waals surface area contributed by atoms with Gasteiger partial charge < -0.3 is 4.90 Å². The van der Waals surface area contributed by atoms with Crippen molar-refractivity contribution < 1.29 is 14.4 Å². The van der Waals surface area contributed by atoms with E-state index in [0.29, 0.717) is 24.2 Å². The third-order valence-electron chi connectivity index (χ3n) is 3.71. The molecule has 1 saturated heterocycles. The zero-order valence-electron chi connectivity index (χ0n) is 10.6. The summed E-state index contributed by atoms with van der Waals surface area (Å²) in [4.78, 5) is 39.5. The van der Waals surface area contributed by atoms with E-state index in [2.05, 4.69) is 0 Å². The van der Waals surface area contributed by atoms with Crippen LogP contribution in [0.4, 0.5) is 5.69 Å². The van der Waals surface area contributed by atoms with Gasteiger partial charge in [-0.25, -0.2) is 4.90 Å². The van der Waals surface area contributed by atoms with Gasteiger partial charge >= 0.3 is 0 Å². The summed E-state index contributed by atoms with van der Waals surface area (Å²) in [7, 11) is 0. The summed E-state index contributed by atoms with van der Waals surface area (Å²) in [5.74, 6) is -0.794. The minimum atomic E-state index is -0.496. The van der Waals surface area contributed by atoms with Gasteiger partial charge in [0.2, 0.25) is 5.91 Å². The Hall–Kier alpha value is -2.17. The molecule has 1 atom stereocenters. The maximum absolute atomic E-state index is 12.5. The average Bonchev–Trinajstić information content (AvgIpc) is 2.84. The predicted octanol–water partition coefficient (Wildman–Crippen LogP) is 1.18. The van der Waals surface area contributed by atoms with Crippen molar-refractivity contribution in [1.29, 1.82) is 0 Å². The number of para-hydroxylation sites is 1. The Morgan fingerprint density at radius 3 is 2.74 bits per heavy atom. The largest absolute Gasteiger partial charge is 0.327 e. The number of imide groups is 1. The summed E-state index contributed by atoms with van der Waals surface area (Å²) in [5, 5.41) is 0. The normalized spacial score (nSPS) is 22.1. The molecule has 19 heavy (non-hydrogen) atoms. The number of amides is 3. The summed E-state index contributed by atoms with van der Waals surface area (Å²) in [5.41, 5.74) is 0.829. The van der Waals surface area contributed by atoms with E-state index in [-0.39, 0.29) is 17.7 Å². The second kappa shape index (κ2) is 4.19. The molecule has 0 saturated carbocycles.